The number of nitrogens with zero attached hydrogens (tertiary/aromatic N) is 3. The Morgan fingerprint density at radius 1 is 1.25 bits per heavy atom. The molecule has 3 rings (SSSR count). The fourth-order valence-electron chi connectivity index (χ4n) is 2.63. The van der Waals surface area contributed by atoms with Crippen LogP contribution in [0.4, 0.5) is 13.6 Å². The van der Waals surface area contributed by atoms with Crippen molar-refractivity contribution in [2.45, 2.75) is 11.4 Å². The summed E-state index contributed by atoms with van der Waals surface area (Å²) < 4.78 is 54.5. The van der Waals surface area contributed by atoms with Crippen LogP contribution in [0.1, 0.15) is 5.56 Å². The number of rotatable bonds is 5. The monoisotopic (exact) mass is 407 g/mol. The molecule has 0 bridgehead atoms. The van der Waals surface area contributed by atoms with Crippen LogP contribution in [-0.4, -0.2) is 40.5 Å². The lowest BCUT2D eigenvalue weighted by Crippen LogP contribution is -2.23. The van der Waals surface area contributed by atoms with Crippen LogP contribution in [-0.2, 0) is 16.6 Å². The Morgan fingerprint density at radius 3 is 2.61 bits per heavy atom. The standard InChI is InChI=1S/C18H15F2N3O4S/c1-22(18(24)25)10-12-7-17(15-5-4-13(19)8-16(15)20)23(11-12)28(26,27)14-3-2-6-21-9-14/h2-9,11H,10H2,1H3,(H,24,25). The van der Waals surface area contributed by atoms with Crippen LogP contribution >= 0.6 is 0 Å². The minimum Gasteiger partial charge on any atom is -0.465 e. The highest BCUT2D eigenvalue weighted by molar-refractivity contribution is 7.90. The molecule has 0 unspecified atom stereocenters. The minimum atomic E-state index is -4.15. The molecule has 2 heterocycles. The van der Waals surface area contributed by atoms with Crippen LogP contribution in [0, 0.1) is 11.6 Å². The normalized spacial score (nSPS) is 11.4. The summed E-state index contributed by atoms with van der Waals surface area (Å²) in [4.78, 5) is 15.7. The van der Waals surface area contributed by atoms with Gasteiger partial charge in [0, 0.05) is 37.3 Å². The number of pyridine rings is 1. The van der Waals surface area contributed by atoms with E-state index in [1.807, 2.05) is 0 Å². The molecule has 10 heteroatoms. The van der Waals surface area contributed by atoms with Gasteiger partial charge in [0.15, 0.2) is 0 Å². The molecule has 0 radical (unpaired) electrons. The first-order valence-electron chi connectivity index (χ1n) is 7.96. The van der Waals surface area contributed by atoms with Crippen LogP contribution in [0.5, 0.6) is 0 Å². The average molecular weight is 407 g/mol. The van der Waals surface area contributed by atoms with Gasteiger partial charge in [-0.2, -0.15) is 0 Å². The lowest BCUT2D eigenvalue weighted by molar-refractivity contribution is 0.154. The Morgan fingerprint density at radius 2 is 2.00 bits per heavy atom. The van der Waals surface area contributed by atoms with Crippen molar-refractivity contribution in [3.05, 3.63) is 72.2 Å². The molecule has 0 saturated carbocycles. The molecule has 0 aliphatic rings. The minimum absolute atomic E-state index is 0.0601. The highest BCUT2D eigenvalue weighted by Crippen LogP contribution is 2.29. The van der Waals surface area contributed by atoms with Gasteiger partial charge >= 0.3 is 6.09 Å². The van der Waals surface area contributed by atoms with Crippen LogP contribution in [0.2, 0.25) is 0 Å². The molecule has 1 aromatic carbocycles. The predicted octanol–water partition coefficient (Wildman–Crippen LogP) is 3.18. The molecule has 0 fully saturated rings. The number of amides is 1. The molecule has 0 spiro atoms. The lowest BCUT2D eigenvalue weighted by Gasteiger charge is -2.11. The fourth-order valence-corrected chi connectivity index (χ4v) is 3.99. The fraction of sp³-hybridized carbons (Fsp3) is 0.111. The number of hydrogen-bond acceptors (Lipinski definition) is 4. The molecule has 0 aliphatic carbocycles. The van der Waals surface area contributed by atoms with Gasteiger partial charge in [0.05, 0.1) is 12.2 Å². The molecule has 2 aromatic heterocycles. The first-order valence-corrected chi connectivity index (χ1v) is 9.40. The van der Waals surface area contributed by atoms with E-state index in [1.165, 1.54) is 37.6 Å². The van der Waals surface area contributed by atoms with E-state index in [-0.39, 0.29) is 22.7 Å². The van der Waals surface area contributed by atoms with Crippen molar-refractivity contribution in [3.8, 4) is 11.3 Å². The largest absolute Gasteiger partial charge is 0.465 e. The molecule has 0 saturated heterocycles. The van der Waals surface area contributed by atoms with E-state index in [2.05, 4.69) is 4.98 Å². The van der Waals surface area contributed by atoms with Crippen molar-refractivity contribution in [2.75, 3.05) is 7.05 Å². The van der Waals surface area contributed by atoms with Crippen LogP contribution in [0.3, 0.4) is 0 Å². The summed E-state index contributed by atoms with van der Waals surface area (Å²) in [5, 5.41) is 9.04. The van der Waals surface area contributed by atoms with Gasteiger partial charge in [-0.05, 0) is 35.9 Å². The molecule has 7 nitrogen and oxygen atoms in total. The molecule has 0 aliphatic heterocycles. The SMILES string of the molecule is CN(Cc1cc(-c2ccc(F)cc2F)n(S(=O)(=O)c2cccnc2)c1)C(=O)O. The van der Waals surface area contributed by atoms with E-state index < -0.39 is 27.8 Å². The number of aromatic nitrogens is 2. The van der Waals surface area contributed by atoms with E-state index in [0.29, 0.717) is 11.6 Å². The van der Waals surface area contributed by atoms with E-state index in [4.69, 9.17) is 5.11 Å². The van der Waals surface area contributed by atoms with Crippen LogP contribution in [0.15, 0.2) is 59.9 Å². The number of carbonyl (C=O) groups is 1. The van der Waals surface area contributed by atoms with Gasteiger partial charge in [-0.1, -0.05) is 0 Å². The average Bonchev–Trinajstić information content (AvgIpc) is 3.06. The maximum atomic E-state index is 14.3. The van der Waals surface area contributed by atoms with E-state index in [0.717, 1.165) is 27.2 Å². The van der Waals surface area contributed by atoms with E-state index >= 15 is 0 Å². The summed E-state index contributed by atoms with van der Waals surface area (Å²) >= 11 is 0. The van der Waals surface area contributed by atoms with Gasteiger partial charge in [-0.15, -0.1) is 0 Å². The summed E-state index contributed by atoms with van der Waals surface area (Å²) in [6, 6.07) is 6.90. The first-order chi connectivity index (χ1) is 13.2. The van der Waals surface area contributed by atoms with Gasteiger partial charge in [0.2, 0.25) is 0 Å². The third kappa shape index (κ3) is 3.72. The van der Waals surface area contributed by atoms with E-state index in [1.54, 1.807) is 0 Å². The molecule has 0 atom stereocenters. The Balaban J connectivity index is 2.19. The third-order valence-corrected chi connectivity index (χ3v) is 5.64. The molecule has 1 amide bonds. The number of halogens is 2. The highest BCUT2D eigenvalue weighted by atomic mass is 32.2. The van der Waals surface area contributed by atoms with Crippen molar-refractivity contribution in [2.24, 2.45) is 0 Å². The lowest BCUT2D eigenvalue weighted by atomic mass is 10.1. The van der Waals surface area contributed by atoms with Gasteiger partial charge in [0.1, 0.15) is 16.5 Å². The maximum Gasteiger partial charge on any atom is 0.407 e. The predicted molar refractivity (Wildman–Crippen MR) is 96.1 cm³/mol. The van der Waals surface area contributed by atoms with Gasteiger partial charge in [0.25, 0.3) is 10.0 Å². The quantitative estimate of drug-likeness (QED) is 0.701. The van der Waals surface area contributed by atoms with Crippen LogP contribution < -0.4 is 0 Å². The maximum absolute atomic E-state index is 14.3. The first kappa shape index (κ1) is 19.5. The topological polar surface area (TPSA) is 92.5 Å². The number of hydrogen-bond donors (Lipinski definition) is 1. The number of benzene rings is 1. The summed E-state index contributed by atoms with van der Waals surface area (Å²) in [6.07, 6.45) is 2.54. The van der Waals surface area contributed by atoms with Crippen molar-refractivity contribution in [3.63, 3.8) is 0 Å². The molecule has 1 N–H and O–H groups in total. The van der Waals surface area contributed by atoms with Gasteiger partial charge in [-0.3, -0.25) is 4.98 Å². The highest BCUT2D eigenvalue weighted by Gasteiger charge is 2.24. The molecule has 28 heavy (non-hydrogen) atoms. The Hall–Kier alpha value is -3.27. The summed E-state index contributed by atoms with van der Waals surface area (Å²) in [5.74, 6) is -1.75. The summed E-state index contributed by atoms with van der Waals surface area (Å²) in [7, 11) is -2.84. The second-order valence-electron chi connectivity index (χ2n) is 5.99. The van der Waals surface area contributed by atoms with Gasteiger partial charge < -0.3 is 10.0 Å². The summed E-state index contributed by atoms with van der Waals surface area (Å²) in [6.45, 7) is -0.124. The number of carboxylic acid groups (broad SMARTS) is 1. The molecule has 3 aromatic rings. The summed E-state index contributed by atoms with van der Waals surface area (Å²) in [5.41, 5.74) is 0.115. The Kier molecular flexibility index (Phi) is 5.14. The van der Waals surface area contributed by atoms with Crippen LogP contribution in [0.25, 0.3) is 11.3 Å². The molecule has 146 valence electrons. The van der Waals surface area contributed by atoms with Crippen molar-refractivity contribution >= 4 is 16.1 Å². The second-order valence-corrected chi connectivity index (χ2v) is 7.80. The van der Waals surface area contributed by atoms with Gasteiger partial charge in [-0.25, -0.2) is 26.0 Å². The van der Waals surface area contributed by atoms with E-state index in [9.17, 15) is 22.0 Å². The molecular formula is C18H15F2N3O4S. The smallest absolute Gasteiger partial charge is 0.407 e. The van der Waals surface area contributed by atoms with Crippen molar-refractivity contribution in [1.82, 2.24) is 13.9 Å². The second kappa shape index (κ2) is 7.39. The zero-order valence-electron chi connectivity index (χ0n) is 14.6. The van der Waals surface area contributed by atoms with Crippen molar-refractivity contribution in [1.29, 1.82) is 0 Å². The zero-order chi connectivity index (χ0) is 20.5. The Labute approximate surface area is 159 Å². The van der Waals surface area contributed by atoms with Crippen molar-refractivity contribution < 1.29 is 27.1 Å². The third-order valence-electron chi connectivity index (χ3n) is 3.99. The Bertz CT molecular complexity index is 1130. The molecular weight excluding hydrogens is 392 g/mol. The zero-order valence-corrected chi connectivity index (χ0v) is 15.4.